The summed E-state index contributed by atoms with van der Waals surface area (Å²) in [5, 5.41) is 0. The average Bonchev–Trinajstić information content (AvgIpc) is 2.82. The van der Waals surface area contributed by atoms with Crippen molar-refractivity contribution in [2.24, 2.45) is 12.9 Å². The minimum Gasteiger partial charge on any atom is -0.340 e. The zero-order valence-electron chi connectivity index (χ0n) is 10.7. The molecule has 0 saturated carbocycles. The van der Waals surface area contributed by atoms with E-state index < -0.39 is 0 Å². The van der Waals surface area contributed by atoms with Gasteiger partial charge in [0, 0.05) is 13.2 Å². The fourth-order valence-corrected chi connectivity index (χ4v) is 2.08. The van der Waals surface area contributed by atoms with Gasteiger partial charge in [-0.3, -0.25) is 11.3 Å². The Morgan fingerprint density at radius 1 is 1.33 bits per heavy atom. The number of hydrazine groups is 1. The molecule has 0 radical (unpaired) electrons. The van der Waals surface area contributed by atoms with E-state index in [2.05, 4.69) is 34.7 Å². The van der Waals surface area contributed by atoms with Gasteiger partial charge in [-0.15, -0.1) is 0 Å². The van der Waals surface area contributed by atoms with E-state index in [9.17, 15) is 0 Å². The summed E-state index contributed by atoms with van der Waals surface area (Å²) in [6, 6.07) is 10.6. The fourth-order valence-electron chi connectivity index (χ4n) is 2.08. The van der Waals surface area contributed by atoms with Crippen LogP contribution in [0.3, 0.4) is 0 Å². The van der Waals surface area contributed by atoms with Gasteiger partial charge in [-0.1, -0.05) is 30.3 Å². The van der Waals surface area contributed by atoms with Crippen LogP contribution in [0.4, 0.5) is 0 Å². The normalized spacial score (nSPS) is 12.6. The van der Waals surface area contributed by atoms with Crippen molar-refractivity contribution in [3.63, 3.8) is 0 Å². The molecule has 1 unspecified atom stereocenters. The van der Waals surface area contributed by atoms with Crippen molar-refractivity contribution >= 4 is 0 Å². The molecular weight excluding hydrogens is 224 g/mol. The second kappa shape index (κ2) is 6.33. The van der Waals surface area contributed by atoms with Crippen LogP contribution in [0, 0.1) is 0 Å². The maximum Gasteiger partial charge on any atom is 0.0947 e. The molecular formula is C14H20N4. The number of hydrogen-bond acceptors (Lipinski definition) is 3. The summed E-state index contributed by atoms with van der Waals surface area (Å²) in [4.78, 5) is 4.33. The van der Waals surface area contributed by atoms with Gasteiger partial charge in [0.2, 0.25) is 0 Å². The molecule has 0 aliphatic heterocycles. The first-order chi connectivity index (χ1) is 8.79. The summed E-state index contributed by atoms with van der Waals surface area (Å²) >= 11 is 0. The number of hydrogen-bond donors (Lipinski definition) is 2. The largest absolute Gasteiger partial charge is 0.340 e. The zero-order valence-corrected chi connectivity index (χ0v) is 10.7. The van der Waals surface area contributed by atoms with Gasteiger partial charge < -0.3 is 4.57 Å². The van der Waals surface area contributed by atoms with E-state index in [1.165, 1.54) is 5.56 Å². The van der Waals surface area contributed by atoms with E-state index in [-0.39, 0.29) is 6.04 Å². The van der Waals surface area contributed by atoms with Crippen molar-refractivity contribution in [3.05, 3.63) is 54.1 Å². The van der Waals surface area contributed by atoms with E-state index >= 15 is 0 Å². The molecule has 3 N–H and O–H groups in total. The van der Waals surface area contributed by atoms with E-state index in [0.29, 0.717) is 0 Å². The van der Waals surface area contributed by atoms with Gasteiger partial charge in [0.15, 0.2) is 0 Å². The van der Waals surface area contributed by atoms with Gasteiger partial charge in [0.1, 0.15) is 0 Å². The third-order valence-electron chi connectivity index (χ3n) is 3.08. The lowest BCUT2D eigenvalue weighted by Crippen LogP contribution is -2.28. The van der Waals surface area contributed by atoms with E-state index in [1.54, 1.807) is 6.33 Å². The zero-order chi connectivity index (χ0) is 12.8. The third kappa shape index (κ3) is 3.42. The van der Waals surface area contributed by atoms with Crippen molar-refractivity contribution < 1.29 is 0 Å². The summed E-state index contributed by atoms with van der Waals surface area (Å²) in [6.07, 6.45) is 6.97. The van der Waals surface area contributed by atoms with Crippen LogP contribution in [0.25, 0.3) is 0 Å². The van der Waals surface area contributed by atoms with Crippen LogP contribution in [0.5, 0.6) is 0 Å². The summed E-state index contributed by atoms with van der Waals surface area (Å²) in [5.74, 6) is 5.59. The van der Waals surface area contributed by atoms with Crippen molar-refractivity contribution in [1.82, 2.24) is 15.0 Å². The first kappa shape index (κ1) is 12.8. The lowest BCUT2D eigenvalue weighted by atomic mass is 10.0. The molecule has 0 bridgehead atoms. The Bertz CT molecular complexity index is 464. The number of nitrogens with one attached hydrogen (secondary N) is 1. The fraction of sp³-hybridized carbons (Fsp3) is 0.357. The molecule has 96 valence electrons. The van der Waals surface area contributed by atoms with Crippen molar-refractivity contribution in [3.8, 4) is 0 Å². The van der Waals surface area contributed by atoms with Crippen LogP contribution in [-0.2, 0) is 13.5 Å². The number of aromatic nitrogens is 2. The predicted molar refractivity (Wildman–Crippen MR) is 72.7 cm³/mol. The maximum absolute atomic E-state index is 5.59. The molecule has 2 rings (SSSR count). The number of imidazole rings is 1. The van der Waals surface area contributed by atoms with Crippen molar-refractivity contribution in [2.45, 2.75) is 25.3 Å². The molecule has 0 spiro atoms. The summed E-state index contributed by atoms with van der Waals surface area (Å²) in [6.45, 7) is 0. The maximum atomic E-state index is 5.59. The minimum atomic E-state index is 0.134. The van der Waals surface area contributed by atoms with Gasteiger partial charge in [0.25, 0.3) is 0 Å². The van der Waals surface area contributed by atoms with Gasteiger partial charge in [-0.05, 0) is 24.8 Å². The molecule has 1 aromatic heterocycles. The molecule has 0 aliphatic rings. The van der Waals surface area contributed by atoms with Crippen LogP contribution >= 0.6 is 0 Å². The Hall–Kier alpha value is -1.65. The molecule has 1 heterocycles. The Morgan fingerprint density at radius 2 is 2.11 bits per heavy atom. The molecule has 2 aromatic rings. The minimum absolute atomic E-state index is 0.134. The van der Waals surface area contributed by atoms with Gasteiger partial charge >= 0.3 is 0 Å². The summed E-state index contributed by atoms with van der Waals surface area (Å²) < 4.78 is 1.94. The summed E-state index contributed by atoms with van der Waals surface area (Å²) in [7, 11) is 1.97. The molecule has 0 saturated heterocycles. The van der Waals surface area contributed by atoms with Crippen LogP contribution in [0.2, 0.25) is 0 Å². The monoisotopic (exact) mass is 244 g/mol. The molecule has 4 nitrogen and oxygen atoms in total. The van der Waals surface area contributed by atoms with Crippen LogP contribution in [-0.4, -0.2) is 9.55 Å². The predicted octanol–water partition coefficient (Wildman–Crippen LogP) is 1.95. The second-order valence-electron chi connectivity index (χ2n) is 4.56. The molecule has 1 atom stereocenters. The lowest BCUT2D eigenvalue weighted by Gasteiger charge is -2.13. The van der Waals surface area contributed by atoms with Gasteiger partial charge in [-0.2, -0.15) is 0 Å². The highest BCUT2D eigenvalue weighted by atomic mass is 15.2. The Kier molecular flexibility index (Phi) is 4.50. The standard InChI is InChI=1S/C14H20N4/c1-18-10-14(16-11-18)13(17-15)9-5-8-12-6-3-2-4-7-12/h2-4,6-7,10-11,13,17H,5,8-9,15H2,1H3. The smallest absolute Gasteiger partial charge is 0.0947 e. The lowest BCUT2D eigenvalue weighted by molar-refractivity contribution is 0.489. The van der Waals surface area contributed by atoms with Crippen LogP contribution < -0.4 is 11.3 Å². The second-order valence-corrected chi connectivity index (χ2v) is 4.56. The van der Waals surface area contributed by atoms with Crippen LogP contribution in [0.15, 0.2) is 42.9 Å². The number of aryl methyl sites for hydroxylation is 2. The number of rotatable bonds is 6. The molecule has 0 aliphatic carbocycles. The van der Waals surface area contributed by atoms with Crippen molar-refractivity contribution in [1.29, 1.82) is 0 Å². The molecule has 18 heavy (non-hydrogen) atoms. The first-order valence-electron chi connectivity index (χ1n) is 6.27. The first-order valence-corrected chi connectivity index (χ1v) is 6.27. The average molecular weight is 244 g/mol. The van der Waals surface area contributed by atoms with E-state index in [1.807, 2.05) is 23.9 Å². The van der Waals surface area contributed by atoms with Crippen molar-refractivity contribution in [2.75, 3.05) is 0 Å². The van der Waals surface area contributed by atoms with E-state index in [0.717, 1.165) is 25.0 Å². The number of benzene rings is 1. The third-order valence-corrected chi connectivity index (χ3v) is 3.08. The Labute approximate surface area is 108 Å². The Balaban J connectivity index is 1.85. The molecule has 4 heteroatoms. The highest BCUT2D eigenvalue weighted by molar-refractivity contribution is 5.14. The van der Waals surface area contributed by atoms with E-state index in [4.69, 9.17) is 5.84 Å². The Morgan fingerprint density at radius 3 is 2.72 bits per heavy atom. The van der Waals surface area contributed by atoms with Crippen LogP contribution in [0.1, 0.15) is 30.1 Å². The van der Waals surface area contributed by atoms with Gasteiger partial charge in [0.05, 0.1) is 18.1 Å². The molecule has 0 fully saturated rings. The number of nitrogens with zero attached hydrogens (tertiary/aromatic N) is 2. The highest BCUT2D eigenvalue weighted by Gasteiger charge is 2.11. The molecule has 0 amide bonds. The quantitative estimate of drug-likeness (QED) is 0.603. The number of nitrogens with two attached hydrogens (primary N) is 1. The molecule has 1 aromatic carbocycles. The highest BCUT2D eigenvalue weighted by Crippen LogP contribution is 2.17. The summed E-state index contributed by atoms with van der Waals surface area (Å²) in [5.41, 5.74) is 5.22. The SMILES string of the molecule is Cn1cnc(C(CCCc2ccccc2)NN)c1. The topological polar surface area (TPSA) is 55.9 Å². The van der Waals surface area contributed by atoms with Gasteiger partial charge in [-0.25, -0.2) is 4.98 Å².